The highest BCUT2D eigenvalue weighted by Gasteiger charge is 1.92. The van der Waals surface area contributed by atoms with Gasteiger partial charge in [0.15, 0.2) is 0 Å². The molecule has 0 unspecified atom stereocenters. The summed E-state index contributed by atoms with van der Waals surface area (Å²) in [4.78, 5) is 3.95. The van der Waals surface area contributed by atoms with Gasteiger partial charge in [-0.1, -0.05) is 0 Å². The van der Waals surface area contributed by atoms with Gasteiger partial charge in [0.25, 0.3) is 0 Å². The summed E-state index contributed by atoms with van der Waals surface area (Å²) in [5, 5.41) is 0. The Labute approximate surface area is 108 Å². The van der Waals surface area contributed by atoms with Crippen LogP contribution in [0, 0.1) is 0 Å². The molecule has 0 saturated carbocycles. The van der Waals surface area contributed by atoms with E-state index >= 15 is 0 Å². The quantitative estimate of drug-likeness (QED) is 0.513. The van der Waals surface area contributed by atoms with Crippen molar-refractivity contribution in [3.05, 3.63) is 18.7 Å². The molecule has 0 aliphatic carbocycles. The van der Waals surface area contributed by atoms with Crippen LogP contribution in [0.2, 0.25) is 0 Å². The zero-order valence-electron chi connectivity index (χ0n) is 10.9. The monoisotopic (exact) mass is 258 g/mol. The third-order valence-electron chi connectivity index (χ3n) is 2.23. The minimum Gasteiger partial charge on any atom is -0.382 e. The summed E-state index contributed by atoms with van der Waals surface area (Å²) in [6.07, 6.45) is 5.45. The Morgan fingerprint density at radius 2 is 1.50 bits per heavy atom. The van der Waals surface area contributed by atoms with Crippen LogP contribution >= 0.6 is 0 Å². The molecule has 0 bridgehead atoms. The predicted molar refractivity (Wildman–Crippen MR) is 66.6 cm³/mol. The average molecular weight is 258 g/mol. The van der Waals surface area contributed by atoms with Crippen molar-refractivity contribution in [1.82, 2.24) is 9.55 Å². The van der Waals surface area contributed by atoms with E-state index in [4.69, 9.17) is 18.9 Å². The molecule has 0 aliphatic heterocycles. The largest absolute Gasteiger partial charge is 0.382 e. The number of ether oxygens (including phenoxy) is 4. The SMILES string of the molecule is COCCOCCOCCOCCn1ccnc1. The van der Waals surface area contributed by atoms with E-state index in [9.17, 15) is 0 Å². The predicted octanol–water partition coefficient (Wildman–Crippen LogP) is 0.579. The Morgan fingerprint density at radius 1 is 0.889 bits per heavy atom. The molecule has 1 rings (SSSR count). The van der Waals surface area contributed by atoms with Gasteiger partial charge in [-0.2, -0.15) is 0 Å². The molecule has 18 heavy (non-hydrogen) atoms. The number of methoxy groups -OCH3 is 1. The van der Waals surface area contributed by atoms with E-state index in [0.717, 1.165) is 6.54 Å². The number of nitrogens with zero attached hydrogens (tertiary/aromatic N) is 2. The molecular formula is C12H22N2O4. The van der Waals surface area contributed by atoms with Crippen molar-refractivity contribution in [2.45, 2.75) is 6.54 Å². The first-order valence-electron chi connectivity index (χ1n) is 6.11. The third kappa shape index (κ3) is 8.19. The van der Waals surface area contributed by atoms with Crippen molar-refractivity contribution in [2.24, 2.45) is 0 Å². The Morgan fingerprint density at radius 3 is 2.06 bits per heavy atom. The Kier molecular flexibility index (Phi) is 9.37. The molecule has 0 aromatic carbocycles. The molecule has 1 aromatic heterocycles. The highest BCUT2D eigenvalue weighted by atomic mass is 16.6. The molecule has 0 amide bonds. The van der Waals surface area contributed by atoms with E-state index in [1.807, 2.05) is 10.8 Å². The maximum absolute atomic E-state index is 5.42. The van der Waals surface area contributed by atoms with Crippen LogP contribution in [0.1, 0.15) is 0 Å². The standard InChI is InChI=1S/C12H22N2O4/c1-15-6-7-17-10-11-18-9-8-16-5-4-14-3-2-13-12-14/h2-3,12H,4-11H2,1H3. The zero-order chi connectivity index (χ0) is 12.9. The first-order chi connectivity index (χ1) is 8.93. The lowest BCUT2D eigenvalue weighted by molar-refractivity contribution is 0.00275. The second-order valence-electron chi connectivity index (χ2n) is 3.63. The summed E-state index contributed by atoms with van der Waals surface area (Å²) < 4.78 is 22.8. The van der Waals surface area contributed by atoms with Crippen LogP contribution in [-0.4, -0.2) is 62.9 Å². The summed E-state index contributed by atoms with van der Waals surface area (Å²) in [7, 11) is 1.65. The fourth-order valence-electron chi connectivity index (χ4n) is 1.27. The number of rotatable bonds is 12. The van der Waals surface area contributed by atoms with E-state index < -0.39 is 0 Å². The van der Waals surface area contributed by atoms with E-state index in [1.165, 1.54) is 0 Å². The molecule has 0 N–H and O–H groups in total. The van der Waals surface area contributed by atoms with Crippen LogP contribution in [0.3, 0.4) is 0 Å². The van der Waals surface area contributed by atoms with Crippen molar-refractivity contribution in [1.29, 1.82) is 0 Å². The van der Waals surface area contributed by atoms with Gasteiger partial charge in [-0.3, -0.25) is 0 Å². The van der Waals surface area contributed by atoms with Crippen molar-refractivity contribution in [3.63, 3.8) is 0 Å². The fourth-order valence-corrected chi connectivity index (χ4v) is 1.27. The van der Waals surface area contributed by atoms with Gasteiger partial charge < -0.3 is 23.5 Å². The van der Waals surface area contributed by atoms with Crippen LogP contribution in [0.25, 0.3) is 0 Å². The summed E-state index contributed by atoms with van der Waals surface area (Å²) in [5.74, 6) is 0. The summed E-state index contributed by atoms with van der Waals surface area (Å²) >= 11 is 0. The molecule has 1 aromatic rings. The molecule has 0 fully saturated rings. The number of hydrogen-bond acceptors (Lipinski definition) is 5. The second-order valence-corrected chi connectivity index (χ2v) is 3.63. The summed E-state index contributed by atoms with van der Waals surface area (Å²) in [5.41, 5.74) is 0. The van der Waals surface area contributed by atoms with Crippen LogP contribution in [0.15, 0.2) is 18.7 Å². The Hall–Kier alpha value is -0.950. The maximum Gasteiger partial charge on any atom is 0.0946 e. The van der Waals surface area contributed by atoms with Gasteiger partial charge in [0.05, 0.1) is 52.6 Å². The van der Waals surface area contributed by atoms with Gasteiger partial charge in [0.2, 0.25) is 0 Å². The molecule has 0 saturated heterocycles. The van der Waals surface area contributed by atoms with Crippen LogP contribution in [-0.2, 0) is 25.5 Å². The van der Waals surface area contributed by atoms with Crippen LogP contribution in [0.4, 0.5) is 0 Å². The lowest BCUT2D eigenvalue weighted by Gasteiger charge is -2.07. The van der Waals surface area contributed by atoms with Gasteiger partial charge in [-0.15, -0.1) is 0 Å². The lowest BCUT2D eigenvalue weighted by atomic mass is 10.6. The molecule has 6 heteroatoms. The van der Waals surface area contributed by atoms with Gasteiger partial charge >= 0.3 is 0 Å². The minimum absolute atomic E-state index is 0.592. The smallest absolute Gasteiger partial charge is 0.0946 e. The van der Waals surface area contributed by atoms with Crippen molar-refractivity contribution < 1.29 is 18.9 Å². The molecule has 0 atom stereocenters. The van der Waals surface area contributed by atoms with E-state index in [2.05, 4.69) is 4.98 Å². The molecular weight excluding hydrogens is 236 g/mol. The average Bonchev–Trinajstić information content (AvgIpc) is 2.89. The van der Waals surface area contributed by atoms with Gasteiger partial charge in [0.1, 0.15) is 0 Å². The third-order valence-corrected chi connectivity index (χ3v) is 2.23. The van der Waals surface area contributed by atoms with Crippen molar-refractivity contribution in [2.75, 3.05) is 53.4 Å². The topological polar surface area (TPSA) is 54.7 Å². The summed E-state index contributed by atoms with van der Waals surface area (Å²) in [6, 6.07) is 0. The highest BCUT2D eigenvalue weighted by Crippen LogP contribution is 1.87. The molecule has 0 aliphatic rings. The molecule has 1 heterocycles. The Bertz CT molecular complexity index is 267. The van der Waals surface area contributed by atoms with Crippen LogP contribution < -0.4 is 0 Å². The number of aromatic nitrogens is 2. The zero-order valence-corrected chi connectivity index (χ0v) is 10.9. The van der Waals surface area contributed by atoms with E-state index in [0.29, 0.717) is 46.2 Å². The first-order valence-corrected chi connectivity index (χ1v) is 6.11. The fraction of sp³-hybridized carbons (Fsp3) is 0.750. The van der Waals surface area contributed by atoms with E-state index in [-0.39, 0.29) is 0 Å². The first kappa shape index (κ1) is 15.1. The molecule has 0 radical (unpaired) electrons. The number of hydrogen-bond donors (Lipinski definition) is 0. The normalized spacial score (nSPS) is 10.9. The molecule has 104 valence electrons. The van der Waals surface area contributed by atoms with Gasteiger partial charge in [-0.25, -0.2) is 4.98 Å². The summed E-state index contributed by atoms with van der Waals surface area (Å²) in [6.45, 7) is 5.11. The lowest BCUT2D eigenvalue weighted by Crippen LogP contribution is -2.12. The van der Waals surface area contributed by atoms with Crippen molar-refractivity contribution >= 4 is 0 Å². The van der Waals surface area contributed by atoms with Gasteiger partial charge in [-0.05, 0) is 0 Å². The maximum atomic E-state index is 5.42. The van der Waals surface area contributed by atoms with Crippen LogP contribution in [0.5, 0.6) is 0 Å². The molecule has 6 nitrogen and oxygen atoms in total. The van der Waals surface area contributed by atoms with E-state index in [1.54, 1.807) is 19.6 Å². The van der Waals surface area contributed by atoms with Gasteiger partial charge in [0, 0.05) is 26.0 Å². The van der Waals surface area contributed by atoms with Crippen molar-refractivity contribution in [3.8, 4) is 0 Å². The highest BCUT2D eigenvalue weighted by molar-refractivity contribution is 4.73. The molecule has 0 spiro atoms. The Balaban J connectivity index is 1.73. The number of imidazole rings is 1. The minimum atomic E-state index is 0.592. The second kappa shape index (κ2) is 11.2.